The predicted molar refractivity (Wildman–Crippen MR) is 109 cm³/mol. The van der Waals surface area contributed by atoms with E-state index < -0.39 is 10.0 Å². The highest BCUT2D eigenvalue weighted by Crippen LogP contribution is 2.24. The van der Waals surface area contributed by atoms with Crippen LogP contribution in [0.5, 0.6) is 11.5 Å². The molecule has 0 aliphatic heterocycles. The number of nitrogens with zero attached hydrogens (tertiary/aromatic N) is 2. The van der Waals surface area contributed by atoms with Gasteiger partial charge in [0.25, 0.3) is 0 Å². The second-order valence-corrected chi connectivity index (χ2v) is 8.08. The molecule has 2 aromatic carbocycles. The van der Waals surface area contributed by atoms with Crippen molar-refractivity contribution in [3.63, 3.8) is 0 Å². The number of hydrogen-bond donors (Lipinski definition) is 1. The fraction of sp³-hybridized carbons (Fsp3) is 0.250. The molecule has 0 saturated carbocycles. The van der Waals surface area contributed by atoms with Gasteiger partial charge < -0.3 is 9.47 Å². The lowest BCUT2D eigenvalue weighted by molar-refractivity contribution is 0.340. The standard InChI is InChI=1S/C20H23N3O4S/c1-15-20(16(2)23(21-15)17-7-5-4-6-8-17)22-28(24,25)14-13-27-19-11-9-18(26-3)10-12-19/h4-12,22H,13-14H2,1-3H3. The summed E-state index contributed by atoms with van der Waals surface area (Å²) in [5, 5.41) is 4.46. The average Bonchev–Trinajstić information content (AvgIpc) is 2.97. The van der Waals surface area contributed by atoms with Gasteiger partial charge in [-0.2, -0.15) is 5.10 Å². The third-order valence-corrected chi connectivity index (χ3v) is 5.45. The molecule has 148 valence electrons. The minimum atomic E-state index is -3.58. The first-order chi connectivity index (χ1) is 13.4. The van der Waals surface area contributed by atoms with Crippen LogP contribution < -0.4 is 14.2 Å². The first-order valence-corrected chi connectivity index (χ1v) is 10.4. The van der Waals surface area contributed by atoms with E-state index >= 15 is 0 Å². The number of benzene rings is 2. The van der Waals surface area contributed by atoms with Crippen LogP contribution in [0.25, 0.3) is 5.69 Å². The number of sulfonamides is 1. The van der Waals surface area contributed by atoms with E-state index in [1.165, 1.54) is 0 Å². The van der Waals surface area contributed by atoms with E-state index in [-0.39, 0.29) is 12.4 Å². The van der Waals surface area contributed by atoms with E-state index in [4.69, 9.17) is 9.47 Å². The van der Waals surface area contributed by atoms with Gasteiger partial charge in [-0.05, 0) is 50.2 Å². The zero-order chi connectivity index (χ0) is 20.1. The molecule has 1 heterocycles. The Bertz CT molecular complexity index is 1030. The Labute approximate surface area is 165 Å². The van der Waals surface area contributed by atoms with Crippen LogP contribution in [-0.2, 0) is 10.0 Å². The fourth-order valence-electron chi connectivity index (χ4n) is 2.76. The number of hydrogen-bond acceptors (Lipinski definition) is 5. The summed E-state index contributed by atoms with van der Waals surface area (Å²) in [4.78, 5) is 0. The molecule has 0 aliphatic carbocycles. The lowest BCUT2D eigenvalue weighted by atomic mass is 10.3. The topological polar surface area (TPSA) is 82.4 Å². The van der Waals surface area contributed by atoms with E-state index in [1.54, 1.807) is 43.0 Å². The highest BCUT2D eigenvalue weighted by atomic mass is 32.2. The Morgan fingerprint density at radius 2 is 1.64 bits per heavy atom. The third kappa shape index (κ3) is 4.64. The first kappa shape index (κ1) is 19.8. The molecule has 0 saturated heterocycles. The van der Waals surface area contributed by atoms with E-state index in [2.05, 4.69) is 9.82 Å². The Morgan fingerprint density at radius 3 is 2.29 bits per heavy atom. The third-order valence-electron chi connectivity index (χ3n) is 4.23. The maximum Gasteiger partial charge on any atom is 0.236 e. The minimum absolute atomic E-state index is 0.0343. The van der Waals surface area contributed by atoms with Gasteiger partial charge in [0.15, 0.2) is 0 Å². The molecule has 0 fully saturated rings. The molecule has 7 nitrogen and oxygen atoms in total. The zero-order valence-electron chi connectivity index (χ0n) is 16.0. The molecule has 3 rings (SSSR count). The second kappa shape index (κ2) is 8.35. The number of para-hydroxylation sites is 1. The summed E-state index contributed by atoms with van der Waals surface area (Å²) in [6, 6.07) is 16.6. The summed E-state index contributed by atoms with van der Waals surface area (Å²) >= 11 is 0. The van der Waals surface area contributed by atoms with Crippen molar-refractivity contribution < 1.29 is 17.9 Å². The van der Waals surface area contributed by atoms with Crippen molar-refractivity contribution in [1.29, 1.82) is 0 Å². The van der Waals surface area contributed by atoms with Crippen molar-refractivity contribution in [2.24, 2.45) is 0 Å². The van der Waals surface area contributed by atoms with E-state index in [1.807, 2.05) is 37.3 Å². The van der Waals surface area contributed by atoms with Gasteiger partial charge in [-0.15, -0.1) is 0 Å². The molecule has 28 heavy (non-hydrogen) atoms. The van der Waals surface area contributed by atoms with E-state index in [0.717, 1.165) is 11.4 Å². The maximum atomic E-state index is 12.5. The lowest BCUT2D eigenvalue weighted by Gasteiger charge is -2.10. The van der Waals surface area contributed by atoms with Gasteiger partial charge in [-0.3, -0.25) is 4.72 Å². The molecule has 1 N–H and O–H groups in total. The van der Waals surface area contributed by atoms with Gasteiger partial charge in [0.05, 0.1) is 29.9 Å². The van der Waals surface area contributed by atoms with Crippen molar-refractivity contribution in [1.82, 2.24) is 9.78 Å². The molecule has 0 aliphatic rings. The van der Waals surface area contributed by atoms with Crippen molar-refractivity contribution in [3.8, 4) is 17.2 Å². The average molecular weight is 401 g/mol. The first-order valence-electron chi connectivity index (χ1n) is 8.78. The summed E-state index contributed by atoms with van der Waals surface area (Å²) in [6.07, 6.45) is 0. The summed E-state index contributed by atoms with van der Waals surface area (Å²) in [5.41, 5.74) is 2.70. The molecule has 1 aromatic heterocycles. The lowest BCUT2D eigenvalue weighted by Crippen LogP contribution is -2.22. The van der Waals surface area contributed by atoms with E-state index in [0.29, 0.717) is 22.9 Å². The number of methoxy groups -OCH3 is 1. The highest BCUT2D eigenvalue weighted by molar-refractivity contribution is 7.92. The number of aryl methyl sites for hydroxylation is 1. The SMILES string of the molecule is COc1ccc(OCCS(=O)(=O)Nc2c(C)nn(-c3ccccc3)c2C)cc1. The van der Waals surface area contributed by atoms with Gasteiger partial charge in [-0.1, -0.05) is 18.2 Å². The second-order valence-electron chi connectivity index (χ2n) is 6.24. The van der Waals surface area contributed by atoms with Crippen molar-refractivity contribution in [2.45, 2.75) is 13.8 Å². The summed E-state index contributed by atoms with van der Waals surface area (Å²) in [6.45, 7) is 3.64. The van der Waals surface area contributed by atoms with Crippen LogP contribution in [0.1, 0.15) is 11.4 Å². The van der Waals surface area contributed by atoms with Crippen LogP contribution in [0.3, 0.4) is 0 Å². The van der Waals surface area contributed by atoms with Crippen LogP contribution in [0.15, 0.2) is 54.6 Å². The van der Waals surface area contributed by atoms with Gasteiger partial charge in [0.1, 0.15) is 23.9 Å². The number of aromatic nitrogens is 2. The smallest absolute Gasteiger partial charge is 0.236 e. The number of nitrogens with one attached hydrogen (secondary N) is 1. The monoisotopic (exact) mass is 401 g/mol. The van der Waals surface area contributed by atoms with Crippen molar-refractivity contribution in [3.05, 3.63) is 66.0 Å². The molecular formula is C20H23N3O4S. The molecule has 3 aromatic rings. The Hall–Kier alpha value is -3.00. The number of rotatable bonds is 8. The highest BCUT2D eigenvalue weighted by Gasteiger charge is 2.19. The Morgan fingerprint density at radius 1 is 1.00 bits per heavy atom. The van der Waals surface area contributed by atoms with Crippen molar-refractivity contribution >= 4 is 15.7 Å². The van der Waals surface area contributed by atoms with Crippen LogP contribution in [0.4, 0.5) is 5.69 Å². The number of ether oxygens (including phenoxy) is 2. The van der Waals surface area contributed by atoms with Crippen LogP contribution in [0.2, 0.25) is 0 Å². The van der Waals surface area contributed by atoms with Gasteiger partial charge in [-0.25, -0.2) is 13.1 Å². The molecule has 8 heteroatoms. The maximum absolute atomic E-state index is 12.5. The zero-order valence-corrected chi connectivity index (χ0v) is 16.9. The quantitative estimate of drug-likeness (QED) is 0.626. The summed E-state index contributed by atoms with van der Waals surface area (Å²) in [5.74, 6) is 1.12. The summed E-state index contributed by atoms with van der Waals surface area (Å²) in [7, 11) is -2.00. The Kier molecular flexibility index (Phi) is 5.89. The Balaban J connectivity index is 1.66. The van der Waals surface area contributed by atoms with Crippen LogP contribution in [0, 0.1) is 13.8 Å². The van der Waals surface area contributed by atoms with Crippen molar-refractivity contribution in [2.75, 3.05) is 24.2 Å². The van der Waals surface area contributed by atoms with Gasteiger partial charge >= 0.3 is 0 Å². The summed E-state index contributed by atoms with van der Waals surface area (Å²) < 4.78 is 39.9. The van der Waals surface area contributed by atoms with Gasteiger partial charge in [0.2, 0.25) is 10.0 Å². The predicted octanol–water partition coefficient (Wildman–Crippen LogP) is 3.32. The molecule has 0 bridgehead atoms. The number of anilines is 1. The van der Waals surface area contributed by atoms with Gasteiger partial charge in [0, 0.05) is 0 Å². The molecule has 0 unspecified atom stereocenters. The fourth-order valence-corrected chi connectivity index (χ4v) is 3.77. The molecule has 0 amide bonds. The van der Waals surface area contributed by atoms with E-state index in [9.17, 15) is 8.42 Å². The molecular weight excluding hydrogens is 378 g/mol. The molecule has 0 radical (unpaired) electrons. The van der Waals surface area contributed by atoms with Crippen LogP contribution >= 0.6 is 0 Å². The largest absolute Gasteiger partial charge is 0.497 e. The molecule has 0 atom stereocenters. The minimum Gasteiger partial charge on any atom is -0.497 e. The van der Waals surface area contributed by atoms with Crippen LogP contribution in [-0.4, -0.2) is 37.7 Å². The normalized spacial score (nSPS) is 11.2. The molecule has 0 spiro atoms.